The minimum atomic E-state index is -0.154. The maximum atomic E-state index is 11.2. The van der Waals surface area contributed by atoms with E-state index in [1.54, 1.807) is 0 Å². The number of aromatic hydroxyl groups is 2. The van der Waals surface area contributed by atoms with Crippen molar-refractivity contribution in [3.8, 4) is 11.5 Å². The average molecular weight is 561 g/mol. The largest absolute Gasteiger partial charge is 0.507 e. The van der Waals surface area contributed by atoms with E-state index < -0.39 is 0 Å². The molecule has 41 heavy (non-hydrogen) atoms. The van der Waals surface area contributed by atoms with Gasteiger partial charge in [0.15, 0.2) is 0 Å². The maximum Gasteiger partial charge on any atom is 0.128 e. The minimum absolute atomic E-state index is 0.0661. The van der Waals surface area contributed by atoms with Crippen LogP contribution in [0.4, 0.5) is 0 Å². The molecule has 2 N–H and O–H groups in total. The summed E-state index contributed by atoms with van der Waals surface area (Å²) in [6, 6.07) is 8.70. The van der Waals surface area contributed by atoms with Gasteiger partial charge in [0.2, 0.25) is 0 Å². The summed E-state index contributed by atoms with van der Waals surface area (Å²) in [7, 11) is 0. The SMILES string of the molecule is CC(C)CCc1cc(C=NC2CCCC2N=Cc2cc(CCC(C)C)cc(C(C)(C)C)c2O)c(O)c(C(C)(C)C)c1. The number of rotatable bonds is 10. The van der Waals surface area contributed by atoms with E-state index in [9.17, 15) is 10.2 Å². The second kappa shape index (κ2) is 13.6. The molecule has 0 spiro atoms. The Labute approximate surface area is 250 Å². The monoisotopic (exact) mass is 560 g/mol. The van der Waals surface area contributed by atoms with E-state index in [-0.39, 0.29) is 22.9 Å². The Morgan fingerprint density at radius 1 is 0.683 bits per heavy atom. The normalized spacial score (nSPS) is 18.5. The smallest absolute Gasteiger partial charge is 0.128 e. The van der Waals surface area contributed by atoms with Crippen molar-refractivity contribution in [2.75, 3.05) is 0 Å². The molecule has 1 aliphatic rings. The fourth-order valence-corrected chi connectivity index (χ4v) is 5.60. The van der Waals surface area contributed by atoms with Gasteiger partial charge in [-0.2, -0.15) is 0 Å². The van der Waals surface area contributed by atoms with Crippen LogP contribution in [0.5, 0.6) is 11.5 Å². The molecule has 0 heterocycles. The highest BCUT2D eigenvalue weighted by molar-refractivity contribution is 5.86. The van der Waals surface area contributed by atoms with Gasteiger partial charge in [0.05, 0.1) is 12.1 Å². The van der Waals surface area contributed by atoms with Crippen molar-refractivity contribution in [1.82, 2.24) is 0 Å². The lowest BCUT2D eigenvalue weighted by Gasteiger charge is -2.23. The molecule has 0 amide bonds. The summed E-state index contributed by atoms with van der Waals surface area (Å²) in [5.74, 6) is 1.94. The highest BCUT2D eigenvalue weighted by Gasteiger charge is 2.27. The lowest BCUT2D eigenvalue weighted by atomic mass is 9.83. The molecule has 0 bridgehead atoms. The molecule has 2 aromatic rings. The lowest BCUT2D eigenvalue weighted by Crippen LogP contribution is -2.17. The molecule has 2 atom stereocenters. The second-order valence-electron chi connectivity index (χ2n) is 15.1. The number of nitrogens with zero attached hydrogens (tertiary/aromatic N) is 2. The summed E-state index contributed by atoms with van der Waals surface area (Å²) >= 11 is 0. The predicted molar refractivity (Wildman–Crippen MR) is 177 cm³/mol. The van der Waals surface area contributed by atoms with Crippen LogP contribution in [0.1, 0.15) is 135 Å². The molecule has 1 aliphatic carbocycles. The molecule has 2 aromatic carbocycles. The van der Waals surface area contributed by atoms with Gasteiger partial charge in [0.25, 0.3) is 0 Å². The van der Waals surface area contributed by atoms with Gasteiger partial charge in [-0.05, 0) is 90.9 Å². The van der Waals surface area contributed by atoms with E-state index in [4.69, 9.17) is 9.98 Å². The van der Waals surface area contributed by atoms with Crippen LogP contribution in [0.15, 0.2) is 34.3 Å². The molecule has 0 saturated heterocycles. The number of hydrogen-bond donors (Lipinski definition) is 2. The van der Waals surface area contributed by atoms with Crippen LogP contribution in [0.25, 0.3) is 0 Å². The first-order chi connectivity index (χ1) is 19.1. The van der Waals surface area contributed by atoms with E-state index in [1.165, 1.54) is 11.1 Å². The van der Waals surface area contributed by atoms with E-state index in [1.807, 2.05) is 12.4 Å². The fourth-order valence-electron chi connectivity index (χ4n) is 5.60. The van der Waals surface area contributed by atoms with Gasteiger partial charge >= 0.3 is 0 Å². The van der Waals surface area contributed by atoms with Crippen LogP contribution < -0.4 is 0 Å². The van der Waals surface area contributed by atoms with Gasteiger partial charge in [-0.15, -0.1) is 0 Å². The first-order valence-electron chi connectivity index (χ1n) is 15.8. The summed E-state index contributed by atoms with van der Waals surface area (Å²) < 4.78 is 0. The van der Waals surface area contributed by atoms with Crippen molar-refractivity contribution in [2.45, 2.75) is 137 Å². The zero-order valence-electron chi connectivity index (χ0n) is 27.5. The molecular formula is C37H56N2O2. The summed E-state index contributed by atoms with van der Waals surface area (Å²) in [6.45, 7) is 21.9. The number of aryl methyl sites for hydroxylation is 2. The molecule has 4 nitrogen and oxygen atoms in total. The Balaban J connectivity index is 1.89. The highest BCUT2D eigenvalue weighted by atomic mass is 16.3. The Kier molecular flexibility index (Phi) is 10.9. The zero-order valence-corrected chi connectivity index (χ0v) is 27.5. The average Bonchev–Trinajstić information content (AvgIpc) is 3.31. The van der Waals surface area contributed by atoms with Gasteiger partial charge in [-0.1, -0.05) is 81.4 Å². The Morgan fingerprint density at radius 2 is 1.05 bits per heavy atom. The molecule has 4 heteroatoms. The van der Waals surface area contributed by atoms with Crippen LogP contribution in [-0.4, -0.2) is 34.7 Å². The van der Waals surface area contributed by atoms with Crippen LogP contribution >= 0.6 is 0 Å². The van der Waals surface area contributed by atoms with Crippen molar-refractivity contribution in [3.05, 3.63) is 57.6 Å². The molecule has 0 aliphatic heterocycles. The number of aliphatic imine (C=N–C) groups is 2. The highest BCUT2D eigenvalue weighted by Crippen LogP contribution is 2.36. The molecule has 0 aromatic heterocycles. The van der Waals surface area contributed by atoms with Gasteiger partial charge in [-0.3, -0.25) is 9.98 Å². The Hall–Kier alpha value is -2.62. The van der Waals surface area contributed by atoms with E-state index >= 15 is 0 Å². The second-order valence-corrected chi connectivity index (χ2v) is 15.1. The van der Waals surface area contributed by atoms with Crippen molar-refractivity contribution < 1.29 is 10.2 Å². The fraction of sp³-hybridized carbons (Fsp3) is 0.622. The van der Waals surface area contributed by atoms with Crippen molar-refractivity contribution in [3.63, 3.8) is 0 Å². The number of benzene rings is 2. The third-order valence-corrected chi connectivity index (χ3v) is 8.29. The Bertz CT molecular complexity index is 1130. The lowest BCUT2D eigenvalue weighted by molar-refractivity contribution is 0.444. The number of phenolic OH excluding ortho intramolecular Hbond substituents is 2. The first-order valence-corrected chi connectivity index (χ1v) is 15.8. The topological polar surface area (TPSA) is 65.2 Å². The summed E-state index contributed by atoms with van der Waals surface area (Å²) in [4.78, 5) is 9.98. The van der Waals surface area contributed by atoms with Crippen LogP contribution in [-0.2, 0) is 23.7 Å². The van der Waals surface area contributed by atoms with Crippen molar-refractivity contribution >= 4 is 12.4 Å². The third-order valence-electron chi connectivity index (χ3n) is 8.29. The molecule has 0 radical (unpaired) electrons. The third kappa shape index (κ3) is 9.18. The molecule has 3 rings (SSSR count). The van der Waals surface area contributed by atoms with E-state index in [2.05, 4.69) is 93.5 Å². The summed E-state index contributed by atoms with van der Waals surface area (Å²) in [5.41, 5.74) is 5.76. The maximum absolute atomic E-state index is 11.2. The van der Waals surface area contributed by atoms with Gasteiger partial charge in [0.1, 0.15) is 11.5 Å². The van der Waals surface area contributed by atoms with Crippen LogP contribution in [0.3, 0.4) is 0 Å². The zero-order chi connectivity index (χ0) is 30.5. The van der Waals surface area contributed by atoms with Crippen LogP contribution in [0.2, 0.25) is 0 Å². The predicted octanol–water partition coefficient (Wildman–Crippen LogP) is 9.33. The standard InChI is InChI=1S/C37H56N2O2/c1-24(2)14-16-26-18-28(34(40)30(20-26)36(5,6)7)22-38-32-12-11-13-33(32)39-23-29-19-27(17-15-25(3)4)21-31(35(29)41)37(8,9)10/h18-25,32-33,40-41H,11-17H2,1-10H3. The molecular weight excluding hydrogens is 504 g/mol. The van der Waals surface area contributed by atoms with E-state index in [0.29, 0.717) is 23.3 Å². The molecule has 1 fully saturated rings. The Morgan fingerprint density at radius 3 is 1.37 bits per heavy atom. The summed E-state index contributed by atoms with van der Waals surface area (Å²) in [5, 5.41) is 22.4. The van der Waals surface area contributed by atoms with E-state index in [0.717, 1.165) is 67.2 Å². The van der Waals surface area contributed by atoms with Crippen molar-refractivity contribution in [1.29, 1.82) is 0 Å². The number of hydrogen-bond acceptors (Lipinski definition) is 4. The molecule has 226 valence electrons. The first kappa shape index (κ1) is 32.9. The minimum Gasteiger partial charge on any atom is -0.507 e. The molecule has 1 saturated carbocycles. The van der Waals surface area contributed by atoms with Crippen LogP contribution in [0, 0.1) is 11.8 Å². The summed E-state index contributed by atoms with van der Waals surface area (Å²) in [6.07, 6.45) is 11.0. The van der Waals surface area contributed by atoms with Gasteiger partial charge < -0.3 is 10.2 Å². The molecule has 2 unspecified atom stereocenters. The quantitative estimate of drug-likeness (QED) is 0.284. The number of phenols is 2. The van der Waals surface area contributed by atoms with Crippen molar-refractivity contribution in [2.24, 2.45) is 21.8 Å². The van der Waals surface area contributed by atoms with Gasteiger partial charge in [-0.25, -0.2) is 0 Å². The van der Waals surface area contributed by atoms with Gasteiger partial charge in [0, 0.05) is 34.7 Å².